The van der Waals surface area contributed by atoms with Gasteiger partial charge in [-0.3, -0.25) is 20.2 Å². The third-order valence-corrected chi connectivity index (χ3v) is 5.29. The zero-order valence-electron chi connectivity index (χ0n) is 14.4. The number of rotatable bonds is 4. The molecule has 0 unspecified atom stereocenters. The van der Waals surface area contributed by atoms with E-state index in [1.165, 1.54) is 29.5 Å². The Morgan fingerprint density at radius 1 is 1.17 bits per heavy atom. The molecule has 8 nitrogen and oxygen atoms in total. The topological polar surface area (TPSA) is 115 Å². The van der Waals surface area contributed by atoms with Crippen molar-refractivity contribution in [3.63, 3.8) is 0 Å². The first-order chi connectivity index (χ1) is 13.9. The molecule has 0 fully saturated rings. The first-order valence-electron chi connectivity index (χ1n) is 8.16. The Bertz CT molecular complexity index is 1310. The van der Waals surface area contributed by atoms with Crippen LogP contribution in [0.1, 0.15) is 10.4 Å². The number of nitrogens with one attached hydrogen (secondary N) is 1. The standard InChI is InChI=1S/C19H10BrN3O5S/c20-12-3-6-16-11(7-12)8-14(18(25)28-16)17(24)22-19-21-15(9-29-19)10-1-4-13(5-2-10)23(26)27/h1-9H,(H,21,22,24). The van der Waals surface area contributed by atoms with Crippen LogP contribution in [0.5, 0.6) is 0 Å². The second kappa shape index (κ2) is 7.57. The van der Waals surface area contributed by atoms with Crippen LogP contribution in [-0.4, -0.2) is 15.8 Å². The van der Waals surface area contributed by atoms with Crippen LogP contribution in [-0.2, 0) is 0 Å². The Morgan fingerprint density at radius 2 is 1.93 bits per heavy atom. The second-order valence-corrected chi connectivity index (χ2v) is 7.70. The van der Waals surface area contributed by atoms with Crippen molar-refractivity contribution in [2.75, 3.05) is 5.32 Å². The SMILES string of the molecule is O=C(Nc1nc(-c2ccc([N+](=O)[O-])cc2)cs1)c1cc2cc(Br)ccc2oc1=O. The number of amides is 1. The molecule has 0 radical (unpaired) electrons. The molecule has 2 heterocycles. The number of aromatic nitrogens is 1. The molecule has 1 amide bonds. The number of nitro groups is 1. The van der Waals surface area contributed by atoms with Gasteiger partial charge < -0.3 is 4.42 Å². The summed E-state index contributed by atoms with van der Waals surface area (Å²) in [6.45, 7) is 0. The fourth-order valence-electron chi connectivity index (χ4n) is 2.63. The van der Waals surface area contributed by atoms with Gasteiger partial charge in [0.1, 0.15) is 11.1 Å². The third-order valence-electron chi connectivity index (χ3n) is 4.04. The normalized spacial score (nSPS) is 10.8. The van der Waals surface area contributed by atoms with Gasteiger partial charge in [0.25, 0.3) is 11.6 Å². The Balaban J connectivity index is 1.58. The molecule has 4 rings (SSSR count). The lowest BCUT2D eigenvalue weighted by Crippen LogP contribution is -2.20. The number of carbonyl (C=O) groups excluding carboxylic acids is 1. The van der Waals surface area contributed by atoms with Gasteiger partial charge in [0.2, 0.25) is 0 Å². The van der Waals surface area contributed by atoms with Crippen LogP contribution >= 0.6 is 27.3 Å². The van der Waals surface area contributed by atoms with Gasteiger partial charge in [-0.1, -0.05) is 15.9 Å². The maximum absolute atomic E-state index is 12.5. The summed E-state index contributed by atoms with van der Waals surface area (Å²) in [5, 5.41) is 15.9. The third kappa shape index (κ3) is 3.93. The van der Waals surface area contributed by atoms with Gasteiger partial charge in [0.15, 0.2) is 5.13 Å². The highest BCUT2D eigenvalue weighted by molar-refractivity contribution is 9.10. The van der Waals surface area contributed by atoms with Crippen LogP contribution in [0.25, 0.3) is 22.2 Å². The lowest BCUT2D eigenvalue weighted by atomic mass is 10.1. The Morgan fingerprint density at radius 3 is 2.66 bits per heavy atom. The summed E-state index contributed by atoms with van der Waals surface area (Å²) >= 11 is 4.51. The van der Waals surface area contributed by atoms with Gasteiger partial charge in [0, 0.05) is 32.9 Å². The van der Waals surface area contributed by atoms with Crippen LogP contribution < -0.4 is 10.9 Å². The largest absolute Gasteiger partial charge is 0.422 e. The Hall–Kier alpha value is -3.37. The molecule has 10 heteroatoms. The monoisotopic (exact) mass is 471 g/mol. The molecular formula is C19H10BrN3O5S. The van der Waals surface area contributed by atoms with Crippen molar-refractivity contribution in [2.24, 2.45) is 0 Å². The molecule has 0 aliphatic carbocycles. The van der Waals surface area contributed by atoms with E-state index in [9.17, 15) is 19.7 Å². The van der Waals surface area contributed by atoms with Crippen molar-refractivity contribution in [3.05, 3.63) is 84.5 Å². The van der Waals surface area contributed by atoms with E-state index < -0.39 is 16.5 Å². The van der Waals surface area contributed by atoms with Gasteiger partial charge in [-0.2, -0.15) is 0 Å². The minimum atomic E-state index is -0.746. The molecule has 4 aromatic rings. The lowest BCUT2D eigenvalue weighted by molar-refractivity contribution is -0.384. The van der Waals surface area contributed by atoms with E-state index in [0.717, 1.165) is 4.47 Å². The van der Waals surface area contributed by atoms with Gasteiger partial charge in [0.05, 0.1) is 10.6 Å². The maximum Gasteiger partial charge on any atom is 0.349 e. The summed E-state index contributed by atoms with van der Waals surface area (Å²) in [4.78, 5) is 39.3. The molecule has 29 heavy (non-hydrogen) atoms. The van der Waals surface area contributed by atoms with Crippen LogP contribution in [0.15, 0.2) is 67.6 Å². The highest BCUT2D eigenvalue weighted by atomic mass is 79.9. The first-order valence-corrected chi connectivity index (χ1v) is 9.83. The number of hydrogen-bond donors (Lipinski definition) is 1. The van der Waals surface area contributed by atoms with Crippen LogP contribution in [0, 0.1) is 10.1 Å². The highest BCUT2D eigenvalue weighted by Gasteiger charge is 2.16. The summed E-state index contributed by atoms with van der Waals surface area (Å²) in [7, 11) is 0. The minimum Gasteiger partial charge on any atom is -0.422 e. The van der Waals surface area contributed by atoms with Crippen molar-refractivity contribution in [3.8, 4) is 11.3 Å². The van der Waals surface area contributed by atoms with E-state index in [1.807, 2.05) is 0 Å². The van der Waals surface area contributed by atoms with E-state index in [-0.39, 0.29) is 16.4 Å². The van der Waals surface area contributed by atoms with Gasteiger partial charge in [-0.05, 0) is 36.4 Å². The van der Waals surface area contributed by atoms with Crippen LogP contribution in [0.3, 0.4) is 0 Å². The Labute approximate surface area is 175 Å². The number of thiazole rings is 1. The first kappa shape index (κ1) is 19.0. The van der Waals surface area contributed by atoms with Crippen molar-refractivity contribution < 1.29 is 14.1 Å². The molecule has 0 saturated heterocycles. The molecule has 0 saturated carbocycles. The molecule has 0 aliphatic heterocycles. The number of carbonyl (C=O) groups is 1. The smallest absolute Gasteiger partial charge is 0.349 e. The number of halogens is 1. The number of hydrogen-bond acceptors (Lipinski definition) is 7. The van der Waals surface area contributed by atoms with Gasteiger partial charge >= 0.3 is 5.63 Å². The molecule has 0 spiro atoms. The fraction of sp³-hybridized carbons (Fsp3) is 0. The lowest BCUT2D eigenvalue weighted by Gasteiger charge is -2.03. The average molecular weight is 472 g/mol. The predicted molar refractivity (Wildman–Crippen MR) is 112 cm³/mol. The second-order valence-electron chi connectivity index (χ2n) is 5.93. The van der Waals surface area contributed by atoms with E-state index in [0.29, 0.717) is 22.2 Å². The van der Waals surface area contributed by atoms with Crippen molar-refractivity contribution in [2.45, 2.75) is 0 Å². The number of benzene rings is 2. The van der Waals surface area contributed by atoms with Gasteiger partial charge in [-0.15, -0.1) is 11.3 Å². The van der Waals surface area contributed by atoms with E-state index >= 15 is 0 Å². The summed E-state index contributed by atoms with van der Waals surface area (Å²) in [5.74, 6) is -0.634. The van der Waals surface area contributed by atoms with Crippen molar-refractivity contribution >= 4 is 55.0 Å². The van der Waals surface area contributed by atoms with E-state index in [4.69, 9.17) is 4.42 Å². The quantitative estimate of drug-likeness (QED) is 0.258. The zero-order valence-corrected chi connectivity index (χ0v) is 16.8. The number of non-ortho nitro benzene ring substituents is 1. The van der Waals surface area contributed by atoms with E-state index in [1.54, 1.807) is 35.7 Å². The zero-order chi connectivity index (χ0) is 20.5. The summed E-state index contributed by atoms with van der Waals surface area (Å²) in [5.41, 5.74) is 0.695. The van der Waals surface area contributed by atoms with Crippen molar-refractivity contribution in [1.82, 2.24) is 4.98 Å². The van der Waals surface area contributed by atoms with Crippen LogP contribution in [0.4, 0.5) is 10.8 Å². The number of nitro benzene ring substituents is 1. The number of anilines is 1. The van der Waals surface area contributed by atoms with Crippen molar-refractivity contribution in [1.29, 1.82) is 0 Å². The molecule has 1 N–H and O–H groups in total. The molecule has 0 atom stereocenters. The Kier molecular flexibility index (Phi) is 4.95. The number of nitrogens with zero attached hydrogens (tertiary/aromatic N) is 2. The van der Waals surface area contributed by atoms with Crippen LogP contribution in [0.2, 0.25) is 0 Å². The molecule has 2 aromatic carbocycles. The molecule has 0 bridgehead atoms. The molecular weight excluding hydrogens is 462 g/mol. The van der Waals surface area contributed by atoms with E-state index in [2.05, 4.69) is 26.2 Å². The fourth-order valence-corrected chi connectivity index (χ4v) is 3.73. The molecule has 144 valence electrons. The average Bonchev–Trinajstić information content (AvgIpc) is 3.16. The highest BCUT2D eigenvalue weighted by Crippen LogP contribution is 2.27. The summed E-state index contributed by atoms with van der Waals surface area (Å²) in [6, 6.07) is 12.5. The molecule has 2 aromatic heterocycles. The molecule has 0 aliphatic rings. The predicted octanol–water partition coefficient (Wildman–Crippen LogP) is 4.84. The maximum atomic E-state index is 12.5. The van der Waals surface area contributed by atoms with Gasteiger partial charge in [-0.25, -0.2) is 9.78 Å². The minimum absolute atomic E-state index is 0.0211. The summed E-state index contributed by atoms with van der Waals surface area (Å²) < 4.78 is 5.99. The number of fused-ring (bicyclic) bond motifs is 1. The summed E-state index contributed by atoms with van der Waals surface area (Å²) in [6.07, 6.45) is 0.